The standard InChI is InChI=1S/C19H21N3O3S/c1-13-7-3-4-8-15(13)11-12-20-19(23)14(2)21-18-16-9-5-6-10-17(16)26(24,25)22-18/h3-10,14H,11-12H2,1-2H3,(H,20,23)(H,21,22)/t14-/m1/s1. The molecule has 7 heteroatoms. The van der Waals surface area contributed by atoms with E-state index < -0.39 is 16.1 Å². The Morgan fingerprint density at radius 2 is 1.85 bits per heavy atom. The molecular weight excluding hydrogens is 350 g/mol. The van der Waals surface area contributed by atoms with Crippen LogP contribution < -0.4 is 10.0 Å². The summed E-state index contributed by atoms with van der Waals surface area (Å²) in [5, 5.41) is 2.85. The number of aliphatic imine (C=N–C) groups is 1. The summed E-state index contributed by atoms with van der Waals surface area (Å²) in [5.41, 5.74) is 2.86. The highest BCUT2D eigenvalue weighted by Gasteiger charge is 2.31. The molecule has 0 unspecified atom stereocenters. The first-order chi connectivity index (χ1) is 12.4. The fourth-order valence-corrected chi connectivity index (χ4v) is 4.08. The molecule has 1 atom stereocenters. The number of hydrogen-bond donors (Lipinski definition) is 2. The SMILES string of the molecule is Cc1ccccc1CCNC(=O)[C@@H](C)N=C1NS(=O)(=O)c2ccccc21. The Balaban J connectivity index is 1.65. The summed E-state index contributed by atoms with van der Waals surface area (Å²) in [6.07, 6.45) is 0.733. The third-order valence-electron chi connectivity index (χ3n) is 4.32. The quantitative estimate of drug-likeness (QED) is 0.840. The van der Waals surface area contributed by atoms with Gasteiger partial charge >= 0.3 is 0 Å². The van der Waals surface area contributed by atoms with Crippen molar-refractivity contribution in [2.24, 2.45) is 4.99 Å². The van der Waals surface area contributed by atoms with Gasteiger partial charge < -0.3 is 5.32 Å². The summed E-state index contributed by atoms with van der Waals surface area (Å²) in [7, 11) is -3.60. The number of amidine groups is 1. The van der Waals surface area contributed by atoms with Crippen LogP contribution in [0.4, 0.5) is 0 Å². The van der Waals surface area contributed by atoms with Gasteiger partial charge in [0, 0.05) is 12.1 Å². The zero-order chi connectivity index (χ0) is 18.7. The predicted molar refractivity (Wildman–Crippen MR) is 101 cm³/mol. The number of carbonyl (C=O) groups excluding carboxylic acids is 1. The predicted octanol–water partition coefficient (Wildman–Crippen LogP) is 1.78. The molecule has 136 valence electrons. The summed E-state index contributed by atoms with van der Waals surface area (Å²) < 4.78 is 26.6. The van der Waals surface area contributed by atoms with Gasteiger partial charge in [0.2, 0.25) is 5.91 Å². The average Bonchev–Trinajstić information content (AvgIpc) is 2.87. The monoisotopic (exact) mass is 371 g/mol. The van der Waals surface area contributed by atoms with Crippen molar-refractivity contribution in [1.29, 1.82) is 0 Å². The number of hydrogen-bond acceptors (Lipinski definition) is 4. The van der Waals surface area contributed by atoms with Gasteiger partial charge in [-0.3, -0.25) is 14.5 Å². The molecule has 1 aliphatic heterocycles. The van der Waals surface area contributed by atoms with Crippen LogP contribution in [0.5, 0.6) is 0 Å². The topological polar surface area (TPSA) is 87.6 Å². The minimum absolute atomic E-state index is 0.186. The van der Waals surface area contributed by atoms with Gasteiger partial charge in [-0.25, -0.2) is 8.42 Å². The second-order valence-electron chi connectivity index (χ2n) is 6.22. The van der Waals surface area contributed by atoms with E-state index in [0.717, 1.165) is 6.42 Å². The summed E-state index contributed by atoms with van der Waals surface area (Å²) >= 11 is 0. The van der Waals surface area contributed by atoms with E-state index in [4.69, 9.17) is 0 Å². The zero-order valence-electron chi connectivity index (χ0n) is 14.7. The summed E-state index contributed by atoms with van der Waals surface area (Å²) in [5.74, 6) is -0.0307. The normalized spacial score (nSPS) is 17.4. The van der Waals surface area contributed by atoms with Crippen LogP contribution in [0, 0.1) is 6.92 Å². The lowest BCUT2D eigenvalue weighted by Crippen LogP contribution is -2.35. The molecule has 0 bridgehead atoms. The van der Waals surface area contributed by atoms with Crippen LogP contribution in [-0.2, 0) is 21.2 Å². The Hall–Kier alpha value is -2.67. The summed E-state index contributed by atoms with van der Waals surface area (Å²) in [6, 6.07) is 13.9. The number of benzene rings is 2. The van der Waals surface area contributed by atoms with Crippen molar-refractivity contribution in [3.63, 3.8) is 0 Å². The van der Waals surface area contributed by atoms with Gasteiger partial charge in [0.25, 0.3) is 10.0 Å². The molecule has 26 heavy (non-hydrogen) atoms. The van der Waals surface area contributed by atoms with Crippen LogP contribution in [-0.4, -0.2) is 32.7 Å². The smallest absolute Gasteiger partial charge is 0.263 e. The van der Waals surface area contributed by atoms with Crippen molar-refractivity contribution in [2.45, 2.75) is 31.2 Å². The van der Waals surface area contributed by atoms with Crippen molar-refractivity contribution in [3.8, 4) is 0 Å². The third-order valence-corrected chi connectivity index (χ3v) is 5.72. The number of rotatable bonds is 5. The lowest BCUT2D eigenvalue weighted by Gasteiger charge is -2.10. The van der Waals surface area contributed by atoms with Crippen LogP contribution in [0.15, 0.2) is 58.4 Å². The molecule has 0 fully saturated rings. The van der Waals surface area contributed by atoms with E-state index in [-0.39, 0.29) is 16.6 Å². The molecule has 0 saturated heterocycles. The van der Waals surface area contributed by atoms with Crippen molar-refractivity contribution in [2.75, 3.05) is 6.54 Å². The van der Waals surface area contributed by atoms with Crippen LogP contribution >= 0.6 is 0 Å². The molecule has 0 radical (unpaired) electrons. The van der Waals surface area contributed by atoms with E-state index in [1.807, 2.05) is 31.2 Å². The molecule has 2 N–H and O–H groups in total. The number of aryl methyl sites for hydroxylation is 1. The Labute approximate surface area is 153 Å². The van der Waals surface area contributed by atoms with Crippen LogP contribution in [0.1, 0.15) is 23.6 Å². The van der Waals surface area contributed by atoms with Crippen molar-refractivity contribution in [3.05, 3.63) is 65.2 Å². The molecule has 1 aliphatic rings. The second-order valence-corrected chi connectivity index (χ2v) is 7.87. The number of nitrogens with one attached hydrogen (secondary N) is 2. The van der Waals surface area contributed by atoms with E-state index >= 15 is 0 Å². The lowest BCUT2D eigenvalue weighted by atomic mass is 10.1. The maximum absolute atomic E-state index is 12.3. The number of nitrogens with zero attached hydrogens (tertiary/aromatic N) is 1. The lowest BCUT2D eigenvalue weighted by molar-refractivity contribution is -0.121. The molecule has 2 aromatic rings. The Morgan fingerprint density at radius 3 is 2.62 bits per heavy atom. The van der Waals surface area contributed by atoms with Crippen molar-refractivity contribution < 1.29 is 13.2 Å². The van der Waals surface area contributed by atoms with Gasteiger partial charge in [-0.15, -0.1) is 0 Å². The maximum atomic E-state index is 12.3. The molecule has 2 aromatic carbocycles. The Bertz CT molecular complexity index is 967. The molecule has 1 heterocycles. The largest absolute Gasteiger partial charge is 0.354 e. The molecule has 6 nitrogen and oxygen atoms in total. The Morgan fingerprint density at radius 1 is 1.15 bits per heavy atom. The second kappa shape index (κ2) is 7.29. The van der Waals surface area contributed by atoms with Crippen LogP contribution in [0.2, 0.25) is 0 Å². The van der Waals surface area contributed by atoms with E-state index in [1.54, 1.807) is 25.1 Å². The van der Waals surface area contributed by atoms with Crippen molar-refractivity contribution >= 4 is 21.8 Å². The maximum Gasteiger partial charge on any atom is 0.263 e. The minimum Gasteiger partial charge on any atom is -0.354 e. The highest BCUT2D eigenvalue weighted by Crippen LogP contribution is 2.22. The third kappa shape index (κ3) is 3.77. The van der Waals surface area contributed by atoms with Gasteiger partial charge in [0.05, 0.1) is 4.90 Å². The van der Waals surface area contributed by atoms with Crippen molar-refractivity contribution in [1.82, 2.24) is 10.0 Å². The van der Waals surface area contributed by atoms with Crippen LogP contribution in [0.25, 0.3) is 0 Å². The van der Waals surface area contributed by atoms with E-state index in [1.165, 1.54) is 17.2 Å². The van der Waals surface area contributed by atoms with Gasteiger partial charge in [-0.1, -0.05) is 36.4 Å². The van der Waals surface area contributed by atoms with Crippen LogP contribution in [0.3, 0.4) is 0 Å². The molecule has 1 amide bonds. The first-order valence-corrected chi connectivity index (χ1v) is 9.89. The molecule has 0 aromatic heterocycles. The number of fused-ring (bicyclic) bond motifs is 1. The number of sulfonamides is 1. The highest BCUT2D eigenvalue weighted by molar-refractivity contribution is 7.90. The molecule has 0 saturated carbocycles. The average molecular weight is 371 g/mol. The first kappa shape index (κ1) is 18.1. The summed E-state index contributed by atoms with van der Waals surface area (Å²) in [6.45, 7) is 4.18. The minimum atomic E-state index is -3.60. The summed E-state index contributed by atoms with van der Waals surface area (Å²) in [4.78, 5) is 16.7. The molecular formula is C19H21N3O3S. The highest BCUT2D eigenvalue weighted by atomic mass is 32.2. The van der Waals surface area contributed by atoms with E-state index in [2.05, 4.69) is 15.0 Å². The fourth-order valence-electron chi connectivity index (χ4n) is 2.84. The molecule has 0 spiro atoms. The molecule has 0 aliphatic carbocycles. The first-order valence-electron chi connectivity index (χ1n) is 8.41. The van der Waals surface area contributed by atoms with Gasteiger partial charge in [0.15, 0.2) is 0 Å². The molecule has 3 rings (SSSR count). The van der Waals surface area contributed by atoms with Gasteiger partial charge in [-0.2, -0.15) is 0 Å². The zero-order valence-corrected chi connectivity index (χ0v) is 15.5. The number of carbonyl (C=O) groups is 1. The Kier molecular flexibility index (Phi) is 5.08. The van der Waals surface area contributed by atoms with E-state index in [9.17, 15) is 13.2 Å². The number of amides is 1. The van der Waals surface area contributed by atoms with Gasteiger partial charge in [-0.05, 0) is 43.5 Å². The van der Waals surface area contributed by atoms with Gasteiger partial charge in [0.1, 0.15) is 11.9 Å². The van der Waals surface area contributed by atoms with E-state index in [0.29, 0.717) is 12.1 Å². The fraction of sp³-hybridized carbons (Fsp3) is 0.263.